The largest absolute Gasteiger partial charge is 0.507 e. The SMILES string of the molecule is Cc1cc2c(C(C)C)c(O)c(O)cc2c(O)c1-c1c(C)cc2c(C(C)C)c(O)c(O)c(/C=N/C3CCN(C(=O)OC(C)(C)C)C3)c2c1O. The Labute approximate surface area is 280 Å². The Morgan fingerprint density at radius 2 is 1.38 bits per heavy atom. The van der Waals surface area contributed by atoms with Crippen LogP contribution in [-0.2, 0) is 4.74 Å². The molecule has 5 rings (SSSR count). The average Bonchev–Trinajstić information content (AvgIpc) is 3.44. The van der Waals surface area contributed by atoms with E-state index in [-0.39, 0.29) is 57.6 Å². The lowest BCUT2D eigenvalue weighted by atomic mass is 9.84. The molecule has 0 radical (unpaired) electrons. The van der Waals surface area contributed by atoms with Gasteiger partial charge in [0.25, 0.3) is 0 Å². The van der Waals surface area contributed by atoms with Crippen molar-refractivity contribution in [3.63, 3.8) is 0 Å². The third kappa shape index (κ3) is 5.88. The first-order valence-electron chi connectivity index (χ1n) is 16.3. The molecule has 256 valence electrons. The van der Waals surface area contributed by atoms with Crippen molar-refractivity contribution in [1.82, 2.24) is 4.90 Å². The quantitative estimate of drug-likeness (QED) is 0.0923. The normalized spacial score (nSPS) is 15.6. The summed E-state index contributed by atoms with van der Waals surface area (Å²) < 4.78 is 5.50. The van der Waals surface area contributed by atoms with Crippen molar-refractivity contribution in [2.75, 3.05) is 13.1 Å². The molecule has 0 aliphatic carbocycles. The van der Waals surface area contributed by atoms with E-state index in [1.807, 2.05) is 39.8 Å². The molecule has 0 spiro atoms. The zero-order valence-corrected chi connectivity index (χ0v) is 29.1. The van der Waals surface area contributed by atoms with Crippen molar-refractivity contribution in [3.05, 3.63) is 46.0 Å². The number of phenolic OH excluding ortho intramolecular Hbond substituents is 6. The van der Waals surface area contributed by atoms with Gasteiger partial charge in [-0.3, -0.25) is 4.99 Å². The number of carbonyl (C=O) groups excluding carboxylic acids is 1. The van der Waals surface area contributed by atoms with Crippen LogP contribution in [0.1, 0.15) is 94.5 Å². The molecule has 1 aliphatic rings. The van der Waals surface area contributed by atoms with Crippen LogP contribution in [-0.4, -0.2) is 72.6 Å². The van der Waals surface area contributed by atoms with E-state index in [1.54, 1.807) is 39.5 Å². The van der Waals surface area contributed by atoms with Crippen LogP contribution >= 0.6 is 0 Å². The van der Waals surface area contributed by atoms with Gasteiger partial charge in [0, 0.05) is 57.9 Å². The van der Waals surface area contributed by atoms with Crippen LogP contribution in [0.25, 0.3) is 32.7 Å². The van der Waals surface area contributed by atoms with E-state index < -0.39 is 17.4 Å². The van der Waals surface area contributed by atoms with Gasteiger partial charge in [0.2, 0.25) is 0 Å². The van der Waals surface area contributed by atoms with Gasteiger partial charge >= 0.3 is 6.09 Å². The van der Waals surface area contributed by atoms with Crippen molar-refractivity contribution < 1.29 is 40.2 Å². The van der Waals surface area contributed by atoms with E-state index in [0.717, 1.165) is 0 Å². The Morgan fingerprint density at radius 1 is 0.812 bits per heavy atom. The molecule has 48 heavy (non-hydrogen) atoms. The fraction of sp³-hybridized carbons (Fsp3) is 0.421. The number of hydrogen-bond acceptors (Lipinski definition) is 9. The molecule has 10 nitrogen and oxygen atoms in total. The molecule has 0 bridgehead atoms. The molecule has 1 aliphatic heterocycles. The van der Waals surface area contributed by atoms with Crippen LogP contribution in [0, 0.1) is 13.8 Å². The van der Waals surface area contributed by atoms with Gasteiger partial charge < -0.3 is 40.3 Å². The lowest BCUT2D eigenvalue weighted by Gasteiger charge is -2.24. The fourth-order valence-corrected chi connectivity index (χ4v) is 6.90. The summed E-state index contributed by atoms with van der Waals surface area (Å²) >= 11 is 0. The molecule has 0 saturated carbocycles. The Balaban J connectivity index is 1.73. The number of aliphatic imine (C=N–C) groups is 1. The predicted octanol–water partition coefficient (Wildman–Crippen LogP) is 8.19. The number of phenols is 6. The molecule has 10 heteroatoms. The van der Waals surface area contributed by atoms with Crippen LogP contribution in [0.4, 0.5) is 4.79 Å². The van der Waals surface area contributed by atoms with Crippen LogP contribution in [0.5, 0.6) is 34.5 Å². The molecule has 1 fully saturated rings. The fourth-order valence-electron chi connectivity index (χ4n) is 6.90. The van der Waals surface area contributed by atoms with Gasteiger partial charge in [-0.25, -0.2) is 4.79 Å². The van der Waals surface area contributed by atoms with Crippen molar-refractivity contribution >= 4 is 33.9 Å². The second-order valence-electron chi connectivity index (χ2n) is 14.5. The first kappa shape index (κ1) is 34.5. The number of aryl methyl sites for hydroxylation is 2. The van der Waals surface area contributed by atoms with Gasteiger partial charge in [0.15, 0.2) is 23.0 Å². The minimum Gasteiger partial charge on any atom is -0.507 e. The van der Waals surface area contributed by atoms with Gasteiger partial charge in [0.1, 0.15) is 17.1 Å². The monoisotopic (exact) mass is 658 g/mol. The topological polar surface area (TPSA) is 163 Å². The van der Waals surface area contributed by atoms with Crippen LogP contribution in [0.2, 0.25) is 0 Å². The van der Waals surface area contributed by atoms with E-state index in [2.05, 4.69) is 4.99 Å². The number of amides is 1. The maximum Gasteiger partial charge on any atom is 0.410 e. The number of aromatic hydroxyl groups is 6. The number of hydrogen-bond donors (Lipinski definition) is 6. The van der Waals surface area contributed by atoms with E-state index in [4.69, 9.17) is 4.74 Å². The number of likely N-dealkylation sites (tertiary alicyclic amines) is 1. The average molecular weight is 659 g/mol. The first-order valence-corrected chi connectivity index (χ1v) is 16.3. The van der Waals surface area contributed by atoms with E-state index >= 15 is 0 Å². The molecule has 0 aromatic heterocycles. The summed E-state index contributed by atoms with van der Waals surface area (Å²) in [6.07, 6.45) is 1.55. The summed E-state index contributed by atoms with van der Waals surface area (Å²) in [4.78, 5) is 18.9. The van der Waals surface area contributed by atoms with Crippen LogP contribution < -0.4 is 0 Å². The molecule has 4 aromatic carbocycles. The molecule has 1 amide bonds. The highest BCUT2D eigenvalue weighted by Crippen LogP contribution is 2.53. The predicted molar refractivity (Wildman–Crippen MR) is 188 cm³/mol. The molecule has 1 heterocycles. The highest BCUT2D eigenvalue weighted by Gasteiger charge is 2.31. The number of fused-ring (bicyclic) bond motifs is 2. The molecule has 1 saturated heterocycles. The van der Waals surface area contributed by atoms with Crippen LogP contribution in [0.3, 0.4) is 0 Å². The third-order valence-electron chi connectivity index (χ3n) is 9.03. The zero-order chi connectivity index (χ0) is 35.6. The smallest absolute Gasteiger partial charge is 0.410 e. The molecule has 1 unspecified atom stereocenters. The van der Waals surface area contributed by atoms with E-state index in [0.29, 0.717) is 69.0 Å². The summed E-state index contributed by atoms with van der Waals surface area (Å²) in [7, 11) is 0. The van der Waals surface area contributed by atoms with Crippen molar-refractivity contribution in [2.45, 2.75) is 92.2 Å². The summed E-state index contributed by atoms with van der Waals surface area (Å²) in [5.41, 5.74) is 2.25. The van der Waals surface area contributed by atoms with E-state index in [9.17, 15) is 35.4 Å². The van der Waals surface area contributed by atoms with Crippen molar-refractivity contribution in [1.29, 1.82) is 0 Å². The number of benzene rings is 4. The highest BCUT2D eigenvalue weighted by molar-refractivity contribution is 6.12. The summed E-state index contributed by atoms with van der Waals surface area (Å²) in [5, 5.41) is 69.4. The minimum atomic E-state index is -0.636. The van der Waals surface area contributed by atoms with Gasteiger partial charge in [-0.1, -0.05) is 39.8 Å². The molecular formula is C38H46N2O8. The van der Waals surface area contributed by atoms with E-state index in [1.165, 1.54) is 12.3 Å². The molecule has 1 atom stereocenters. The third-order valence-corrected chi connectivity index (χ3v) is 9.03. The Morgan fingerprint density at radius 3 is 1.96 bits per heavy atom. The lowest BCUT2D eigenvalue weighted by Crippen LogP contribution is -2.35. The Kier molecular flexibility index (Phi) is 8.84. The molecular weight excluding hydrogens is 612 g/mol. The van der Waals surface area contributed by atoms with Gasteiger partial charge in [-0.05, 0) is 80.8 Å². The van der Waals surface area contributed by atoms with Crippen molar-refractivity contribution in [2.24, 2.45) is 4.99 Å². The second kappa shape index (κ2) is 12.3. The summed E-state index contributed by atoms with van der Waals surface area (Å²) in [6, 6.07) is 4.63. The maximum absolute atomic E-state index is 12.6. The summed E-state index contributed by atoms with van der Waals surface area (Å²) in [6.45, 7) is 17.2. The Hall–Kier alpha value is -4.86. The van der Waals surface area contributed by atoms with Crippen molar-refractivity contribution in [3.8, 4) is 45.6 Å². The number of carbonyl (C=O) groups is 1. The second-order valence-corrected chi connectivity index (χ2v) is 14.5. The number of ether oxygens (including phenoxy) is 1. The maximum atomic E-state index is 12.6. The zero-order valence-electron chi connectivity index (χ0n) is 29.1. The highest BCUT2D eigenvalue weighted by atomic mass is 16.6. The summed E-state index contributed by atoms with van der Waals surface area (Å²) in [5.74, 6) is -2.17. The molecule has 6 N–H and O–H groups in total. The standard InChI is InChI=1S/C38H46N2O8/c1-17(2)27-22-12-19(5)29(32(42)23(22)14-26(41)34(27)44)30-20(6)13-24-28(18(3)4)36(46)33(43)25(31(24)35(30)45)15-39-21-10-11-40(16-21)37(47)48-38(7,8)9/h12-15,17-18,21,41-46H,10-11,16H2,1-9H3/b39-15+. The lowest BCUT2D eigenvalue weighted by molar-refractivity contribution is 0.0293. The molecule has 4 aromatic rings. The van der Waals surface area contributed by atoms with Gasteiger partial charge in [0.05, 0.1) is 6.04 Å². The van der Waals surface area contributed by atoms with Crippen LogP contribution in [0.15, 0.2) is 23.2 Å². The minimum absolute atomic E-state index is 0.101. The van der Waals surface area contributed by atoms with Gasteiger partial charge in [-0.2, -0.15) is 0 Å². The first-order chi connectivity index (χ1) is 22.3. The van der Waals surface area contributed by atoms with Gasteiger partial charge in [-0.15, -0.1) is 0 Å². The number of rotatable bonds is 5. The Bertz CT molecular complexity index is 1990. The number of nitrogens with zero attached hydrogens (tertiary/aromatic N) is 2.